The Balaban J connectivity index is 1.45. The van der Waals surface area contributed by atoms with Crippen molar-refractivity contribution in [2.75, 3.05) is 7.05 Å². The minimum Gasteiger partial charge on any atom is -0.277 e. The van der Waals surface area contributed by atoms with Crippen molar-refractivity contribution in [3.63, 3.8) is 0 Å². The summed E-state index contributed by atoms with van der Waals surface area (Å²) >= 11 is 0. The molecule has 0 radical (unpaired) electrons. The minimum absolute atomic E-state index is 0.00230. The quantitative estimate of drug-likeness (QED) is 0.560. The molecule has 1 atom stereocenters. The van der Waals surface area contributed by atoms with Crippen LogP contribution < -0.4 is 0 Å². The Morgan fingerprint density at radius 2 is 1.47 bits per heavy atom. The lowest BCUT2D eigenvalue weighted by Crippen LogP contribution is -2.39. The molecule has 0 bridgehead atoms. The Morgan fingerprint density at radius 3 is 2.20 bits per heavy atom. The molecule has 1 aromatic rings. The summed E-state index contributed by atoms with van der Waals surface area (Å²) in [4.78, 5) is 53.2. The fraction of sp³-hybridized carbons (Fsp3) is 0.417. The summed E-state index contributed by atoms with van der Waals surface area (Å²) in [5.41, 5.74) is 2.70. The number of nitrogens with zero attached hydrogens (tertiary/aromatic N) is 2. The monoisotopic (exact) mass is 404 g/mol. The maximum atomic E-state index is 13.2. The topological polar surface area (TPSA) is 74.8 Å². The van der Waals surface area contributed by atoms with Crippen LogP contribution in [0.5, 0.6) is 0 Å². The lowest BCUT2D eigenvalue weighted by molar-refractivity contribution is -0.139. The number of allylic oxidation sites excluding steroid dienone is 2. The summed E-state index contributed by atoms with van der Waals surface area (Å²) in [5.74, 6) is -1.04. The number of hydrogen-bond acceptors (Lipinski definition) is 4. The van der Waals surface area contributed by atoms with Gasteiger partial charge < -0.3 is 0 Å². The van der Waals surface area contributed by atoms with Gasteiger partial charge in [-0.2, -0.15) is 0 Å². The van der Waals surface area contributed by atoms with Gasteiger partial charge in [-0.05, 0) is 37.0 Å². The highest BCUT2D eigenvalue weighted by atomic mass is 16.2. The predicted molar refractivity (Wildman–Crippen MR) is 110 cm³/mol. The molecule has 1 saturated carbocycles. The van der Waals surface area contributed by atoms with Crippen molar-refractivity contribution in [2.24, 2.45) is 0 Å². The van der Waals surface area contributed by atoms with Gasteiger partial charge in [0.15, 0.2) is 0 Å². The van der Waals surface area contributed by atoms with Crippen LogP contribution in [0.3, 0.4) is 0 Å². The van der Waals surface area contributed by atoms with Crippen LogP contribution in [0.15, 0.2) is 41.5 Å². The molecule has 0 aromatic heterocycles. The maximum Gasteiger partial charge on any atom is 0.261 e. The zero-order valence-electron chi connectivity index (χ0n) is 17.0. The van der Waals surface area contributed by atoms with Crippen LogP contribution in [-0.2, 0) is 9.59 Å². The summed E-state index contributed by atoms with van der Waals surface area (Å²) < 4.78 is 0. The van der Waals surface area contributed by atoms with Crippen LogP contribution in [0.2, 0.25) is 0 Å². The SMILES string of the molecule is CN1C(=O)c2ccc(C3C=C4C(=O)N(C5CCCCCC5)C(=O)C4=CC3)cc2C1=O. The highest BCUT2D eigenvalue weighted by Crippen LogP contribution is 2.39. The average Bonchev–Trinajstić information content (AvgIpc) is 3.01. The number of carbonyl (C=O) groups excluding carboxylic acids is 4. The third-order valence-electron chi connectivity index (χ3n) is 6.86. The van der Waals surface area contributed by atoms with E-state index in [0.29, 0.717) is 28.7 Å². The Kier molecular flexibility index (Phi) is 4.45. The van der Waals surface area contributed by atoms with Crippen LogP contribution in [-0.4, -0.2) is 46.5 Å². The lowest BCUT2D eigenvalue weighted by atomic mass is 9.85. The Labute approximate surface area is 175 Å². The first kappa shape index (κ1) is 19.0. The van der Waals surface area contributed by atoms with E-state index in [-0.39, 0.29) is 35.6 Å². The Hall–Kier alpha value is -3.02. The van der Waals surface area contributed by atoms with Gasteiger partial charge in [-0.15, -0.1) is 0 Å². The summed E-state index contributed by atoms with van der Waals surface area (Å²) in [7, 11) is 1.48. The van der Waals surface area contributed by atoms with E-state index in [1.807, 2.05) is 18.2 Å². The van der Waals surface area contributed by atoms with Gasteiger partial charge in [0.1, 0.15) is 0 Å². The van der Waals surface area contributed by atoms with Crippen LogP contribution >= 0.6 is 0 Å². The number of rotatable bonds is 2. The van der Waals surface area contributed by atoms with Crippen molar-refractivity contribution in [1.29, 1.82) is 0 Å². The second kappa shape index (κ2) is 7.04. The normalized spacial score (nSPS) is 24.6. The first-order chi connectivity index (χ1) is 14.5. The van der Waals surface area contributed by atoms with E-state index < -0.39 is 0 Å². The smallest absolute Gasteiger partial charge is 0.261 e. The van der Waals surface area contributed by atoms with Crippen LogP contribution in [0, 0.1) is 0 Å². The maximum absolute atomic E-state index is 13.2. The molecule has 1 unspecified atom stereocenters. The largest absolute Gasteiger partial charge is 0.277 e. The molecule has 2 aliphatic carbocycles. The standard InChI is InChI=1S/C24H24N2O4/c1-25-21(27)17-10-8-14(12-19(17)22(25)28)15-9-11-18-20(13-15)24(30)26(23(18)29)16-6-4-2-3-5-7-16/h8,10-13,15-16H,2-7,9H2,1H3. The lowest BCUT2D eigenvalue weighted by Gasteiger charge is -2.24. The molecule has 5 rings (SSSR count). The van der Waals surface area contributed by atoms with Gasteiger partial charge in [0.25, 0.3) is 23.6 Å². The first-order valence-electron chi connectivity index (χ1n) is 10.7. The van der Waals surface area contributed by atoms with Crippen molar-refractivity contribution >= 4 is 23.6 Å². The average molecular weight is 404 g/mol. The van der Waals surface area contributed by atoms with Crippen molar-refractivity contribution in [1.82, 2.24) is 9.80 Å². The number of likely N-dealkylation sites (tertiary alicyclic amines) is 1. The molecular formula is C24H24N2O4. The second-order valence-electron chi connectivity index (χ2n) is 8.64. The molecule has 0 spiro atoms. The number of imide groups is 2. The van der Waals surface area contributed by atoms with Crippen molar-refractivity contribution < 1.29 is 19.2 Å². The van der Waals surface area contributed by atoms with Crippen molar-refractivity contribution in [3.05, 3.63) is 58.2 Å². The minimum atomic E-state index is -0.303. The van der Waals surface area contributed by atoms with Crippen LogP contribution in [0.1, 0.15) is 77.1 Å². The fourth-order valence-corrected chi connectivity index (χ4v) is 5.14. The van der Waals surface area contributed by atoms with Gasteiger partial charge in [0, 0.05) is 30.2 Å². The molecule has 6 heteroatoms. The third kappa shape index (κ3) is 2.77. The Morgan fingerprint density at radius 1 is 0.800 bits per heavy atom. The van der Waals surface area contributed by atoms with E-state index in [2.05, 4.69) is 0 Å². The molecule has 4 amide bonds. The highest BCUT2D eigenvalue weighted by molar-refractivity contribution is 6.25. The zero-order chi connectivity index (χ0) is 21.0. The third-order valence-corrected chi connectivity index (χ3v) is 6.86. The van der Waals surface area contributed by atoms with Crippen LogP contribution in [0.25, 0.3) is 0 Å². The summed E-state index contributed by atoms with van der Waals surface area (Å²) in [6.07, 6.45) is 10.5. The number of carbonyl (C=O) groups is 4. The molecule has 2 heterocycles. The molecule has 30 heavy (non-hydrogen) atoms. The molecule has 154 valence electrons. The number of fused-ring (bicyclic) bond motifs is 2. The molecule has 1 saturated heterocycles. The van der Waals surface area contributed by atoms with E-state index in [4.69, 9.17) is 0 Å². The molecule has 0 N–H and O–H groups in total. The summed E-state index contributed by atoms with van der Waals surface area (Å²) in [6, 6.07) is 5.28. The van der Waals surface area contributed by atoms with E-state index >= 15 is 0 Å². The van der Waals surface area contributed by atoms with Gasteiger partial charge in [0.2, 0.25) is 0 Å². The molecular weight excluding hydrogens is 380 g/mol. The van der Waals surface area contributed by atoms with E-state index in [0.717, 1.165) is 49.0 Å². The second-order valence-corrected chi connectivity index (χ2v) is 8.64. The fourth-order valence-electron chi connectivity index (χ4n) is 5.14. The van der Waals surface area contributed by atoms with Gasteiger partial charge in [-0.25, -0.2) is 0 Å². The first-order valence-corrected chi connectivity index (χ1v) is 10.7. The number of amides is 4. The van der Waals surface area contributed by atoms with Crippen LogP contribution in [0.4, 0.5) is 0 Å². The van der Waals surface area contributed by atoms with Gasteiger partial charge in [-0.3, -0.25) is 29.0 Å². The summed E-state index contributed by atoms with van der Waals surface area (Å²) in [5, 5.41) is 0. The molecule has 6 nitrogen and oxygen atoms in total. The molecule has 1 aromatic carbocycles. The van der Waals surface area contributed by atoms with E-state index in [1.165, 1.54) is 11.9 Å². The molecule has 4 aliphatic rings. The Bertz CT molecular complexity index is 1040. The van der Waals surface area contributed by atoms with Crippen molar-refractivity contribution in [3.8, 4) is 0 Å². The predicted octanol–water partition coefficient (Wildman–Crippen LogP) is 3.34. The van der Waals surface area contributed by atoms with Crippen molar-refractivity contribution in [2.45, 2.75) is 56.9 Å². The van der Waals surface area contributed by atoms with E-state index in [9.17, 15) is 19.2 Å². The van der Waals surface area contributed by atoms with E-state index in [1.54, 1.807) is 12.1 Å². The highest BCUT2D eigenvalue weighted by Gasteiger charge is 2.44. The number of hydrogen-bond donors (Lipinski definition) is 0. The van der Waals surface area contributed by atoms with Gasteiger partial charge >= 0.3 is 0 Å². The van der Waals surface area contributed by atoms with Gasteiger partial charge in [0.05, 0.1) is 11.1 Å². The molecule has 2 fully saturated rings. The summed E-state index contributed by atoms with van der Waals surface area (Å²) in [6.45, 7) is 0. The zero-order valence-corrected chi connectivity index (χ0v) is 17.0. The van der Waals surface area contributed by atoms with Gasteiger partial charge in [-0.1, -0.05) is 43.9 Å². The molecule has 2 aliphatic heterocycles. The number of benzene rings is 1.